The van der Waals surface area contributed by atoms with Crippen LogP contribution in [-0.2, 0) is 0 Å². The van der Waals surface area contributed by atoms with Gasteiger partial charge in [0.15, 0.2) is 0 Å². The Hall–Kier alpha value is -0.0700. The first-order valence-electron chi connectivity index (χ1n) is 5.06. The molecule has 0 saturated carbocycles. The summed E-state index contributed by atoms with van der Waals surface area (Å²) in [6.45, 7) is 0. The Morgan fingerprint density at radius 1 is 1.28 bits per heavy atom. The van der Waals surface area contributed by atoms with Crippen molar-refractivity contribution >= 4 is 54.8 Å². The van der Waals surface area contributed by atoms with Gasteiger partial charge in [0.05, 0.1) is 20.7 Å². The molecule has 1 unspecified atom stereocenters. The van der Waals surface area contributed by atoms with E-state index in [-0.39, 0.29) is 6.04 Å². The molecule has 0 aliphatic carbocycles. The number of hydrogen-bond acceptors (Lipinski definition) is 3. The molecule has 0 amide bonds. The monoisotopic (exact) mass is 409 g/mol. The van der Waals surface area contributed by atoms with Gasteiger partial charge in [-0.25, -0.2) is 0 Å². The minimum absolute atomic E-state index is 0.282. The number of benzene rings is 1. The van der Waals surface area contributed by atoms with Gasteiger partial charge in [0.25, 0.3) is 0 Å². The maximum atomic E-state index is 6.29. The molecule has 1 atom stereocenters. The van der Waals surface area contributed by atoms with Crippen LogP contribution in [0.2, 0.25) is 5.02 Å². The van der Waals surface area contributed by atoms with Gasteiger partial charge < -0.3 is 10.5 Å². The summed E-state index contributed by atoms with van der Waals surface area (Å²) in [4.78, 5) is 0. The number of ether oxygens (including phenoxy) is 1. The summed E-state index contributed by atoms with van der Waals surface area (Å²) in [6.07, 6.45) is 0. The van der Waals surface area contributed by atoms with Gasteiger partial charge in [0.1, 0.15) is 5.75 Å². The lowest BCUT2D eigenvalue weighted by Crippen LogP contribution is -2.12. The van der Waals surface area contributed by atoms with E-state index in [1.165, 1.54) is 0 Å². The van der Waals surface area contributed by atoms with E-state index in [1.54, 1.807) is 24.5 Å². The summed E-state index contributed by atoms with van der Waals surface area (Å²) < 4.78 is 7.36. The van der Waals surface area contributed by atoms with Gasteiger partial charge in [-0.15, -0.1) is 11.3 Å². The van der Waals surface area contributed by atoms with Crippen molar-refractivity contribution in [1.82, 2.24) is 0 Å². The molecule has 2 aromatic rings. The van der Waals surface area contributed by atoms with Crippen LogP contribution in [0.25, 0.3) is 0 Å². The fourth-order valence-electron chi connectivity index (χ4n) is 1.68. The second-order valence-electron chi connectivity index (χ2n) is 3.64. The molecule has 0 fully saturated rings. The summed E-state index contributed by atoms with van der Waals surface area (Å²) >= 11 is 14.6. The summed E-state index contributed by atoms with van der Waals surface area (Å²) in [5.41, 5.74) is 8.17. The summed E-state index contributed by atoms with van der Waals surface area (Å²) in [5.74, 6) is 0.737. The average Bonchev–Trinajstić information content (AvgIpc) is 2.67. The molecule has 96 valence electrons. The first-order valence-corrected chi connectivity index (χ1v) is 7.84. The maximum Gasteiger partial charge on any atom is 0.124 e. The summed E-state index contributed by atoms with van der Waals surface area (Å²) in [5, 5.41) is 0.645. The molecular formula is C12H10Br2ClNOS. The highest BCUT2D eigenvalue weighted by Gasteiger charge is 2.19. The second-order valence-corrected chi connectivity index (χ2v) is 7.83. The Balaban J connectivity index is 2.48. The van der Waals surface area contributed by atoms with Crippen LogP contribution >= 0.6 is 54.8 Å². The predicted octanol–water partition coefficient (Wildman–Crippen LogP) is 4.98. The van der Waals surface area contributed by atoms with Gasteiger partial charge in [-0.1, -0.05) is 11.6 Å². The van der Waals surface area contributed by atoms with Gasteiger partial charge in [0.2, 0.25) is 0 Å². The van der Waals surface area contributed by atoms with E-state index in [0.29, 0.717) is 5.02 Å². The Labute approximate surface area is 131 Å². The van der Waals surface area contributed by atoms with Crippen LogP contribution in [0.3, 0.4) is 0 Å². The minimum atomic E-state index is -0.282. The number of hydrogen-bond donors (Lipinski definition) is 1. The Kier molecular flexibility index (Phi) is 4.72. The molecule has 0 saturated heterocycles. The molecule has 0 spiro atoms. The molecule has 1 heterocycles. The van der Waals surface area contributed by atoms with Crippen molar-refractivity contribution in [1.29, 1.82) is 0 Å². The molecule has 0 bridgehead atoms. The van der Waals surface area contributed by atoms with Gasteiger partial charge in [-0.05, 0) is 61.7 Å². The highest BCUT2D eigenvalue weighted by Crippen LogP contribution is 2.39. The molecule has 1 aromatic heterocycles. The van der Waals surface area contributed by atoms with Crippen molar-refractivity contribution in [3.05, 3.63) is 48.0 Å². The zero-order valence-electron chi connectivity index (χ0n) is 9.41. The molecule has 2 N–H and O–H groups in total. The zero-order chi connectivity index (χ0) is 13.3. The lowest BCUT2D eigenvalue weighted by molar-refractivity contribution is 0.408. The third-order valence-electron chi connectivity index (χ3n) is 2.54. The van der Waals surface area contributed by atoms with E-state index < -0.39 is 0 Å². The van der Waals surface area contributed by atoms with Crippen molar-refractivity contribution in [2.75, 3.05) is 7.11 Å². The highest BCUT2D eigenvalue weighted by molar-refractivity contribution is 9.12. The topological polar surface area (TPSA) is 35.2 Å². The third-order valence-corrected chi connectivity index (χ3v) is 5.17. The van der Waals surface area contributed by atoms with E-state index in [9.17, 15) is 0 Å². The smallest absolute Gasteiger partial charge is 0.124 e. The molecule has 0 radical (unpaired) electrons. The first-order chi connectivity index (χ1) is 8.52. The molecule has 18 heavy (non-hydrogen) atoms. The lowest BCUT2D eigenvalue weighted by atomic mass is 10.0. The molecule has 2 nitrogen and oxygen atoms in total. The fourth-order valence-corrected chi connectivity index (χ4v) is 4.79. The van der Waals surface area contributed by atoms with Crippen LogP contribution in [-0.4, -0.2) is 7.11 Å². The quantitative estimate of drug-likeness (QED) is 0.773. The van der Waals surface area contributed by atoms with Gasteiger partial charge >= 0.3 is 0 Å². The number of rotatable bonds is 3. The number of thiophene rings is 1. The molecule has 2 rings (SSSR count). The molecule has 6 heteroatoms. The van der Waals surface area contributed by atoms with Crippen LogP contribution in [0, 0.1) is 0 Å². The van der Waals surface area contributed by atoms with Crippen LogP contribution in [0.1, 0.15) is 17.2 Å². The van der Waals surface area contributed by atoms with Crippen LogP contribution in [0.5, 0.6) is 5.75 Å². The SMILES string of the molecule is COc1ccc(Cl)cc1C(N)c1cc(Br)sc1Br. The number of halogens is 3. The standard InChI is InChI=1S/C12H10Br2ClNOS/c1-17-9-3-2-6(15)4-7(9)11(16)8-5-10(13)18-12(8)14/h2-5,11H,16H2,1H3. The van der Waals surface area contributed by atoms with E-state index in [2.05, 4.69) is 31.9 Å². The first kappa shape index (κ1) is 14.3. The fraction of sp³-hybridized carbons (Fsp3) is 0.167. The number of methoxy groups -OCH3 is 1. The van der Waals surface area contributed by atoms with Crippen molar-refractivity contribution < 1.29 is 4.74 Å². The van der Waals surface area contributed by atoms with E-state index in [1.807, 2.05) is 18.2 Å². The maximum absolute atomic E-state index is 6.29. The predicted molar refractivity (Wildman–Crippen MR) is 83.8 cm³/mol. The van der Waals surface area contributed by atoms with Crippen molar-refractivity contribution in [3.63, 3.8) is 0 Å². The van der Waals surface area contributed by atoms with Crippen molar-refractivity contribution in [2.45, 2.75) is 6.04 Å². The largest absolute Gasteiger partial charge is 0.496 e. The highest BCUT2D eigenvalue weighted by atomic mass is 79.9. The van der Waals surface area contributed by atoms with Crippen LogP contribution in [0.15, 0.2) is 31.8 Å². The Morgan fingerprint density at radius 2 is 2.00 bits per heavy atom. The number of nitrogens with two attached hydrogens (primary N) is 1. The molecule has 1 aromatic carbocycles. The third kappa shape index (κ3) is 2.91. The molecule has 0 aliphatic heterocycles. The van der Waals surface area contributed by atoms with Crippen molar-refractivity contribution in [3.8, 4) is 5.75 Å². The average molecular weight is 412 g/mol. The van der Waals surface area contributed by atoms with Gasteiger partial charge in [-0.3, -0.25) is 0 Å². The minimum Gasteiger partial charge on any atom is -0.496 e. The summed E-state index contributed by atoms with van der Waals surface area (Å²) in [7, 11) is 1.62. The Bertz CT molecular complexity index is 573. The van der Waals surface area contributed by atoms with Crippen LogP contribution < -0.4 is 10.5 Å². The summed E-state index contributed by atoms with van der Waals surface area (Å²) in [6, 6.07) is 7.17. The molecule has 0 aliphatic rings. The van der Waals surface area contributed by atoms with E-state index in [0.717, 1.165) is 24.4 Å². The lowest BCUT2D eigenvalue weighted by Gasteiger charge is -2.15. The van der Waals surface area contributed by atoms with Crippen LogP contribution in [0.4, 0.5) is 0 Å². The Morgan fingerprint density at radius 3 is 2.56 bits per heavy atom. The zero-order valence-corrected chi connectivity index (χ0v) is 14.2. The van der Waals surface area contributed by atoms with Crippen molar-refractivity contribution in [2.24, 2.45) is 5.73 Å². The second kappa shape index (κ2) is 5.92. The normalized spacial score (nSPS) is 12.5. The van der Waals surface area contributed by atoms with Gasteiger partial charge in [-0.2, -0.15) is 0 Å². The van der Waals surface area contributed by atoms with E-state index in [4.69, 9.17) is 22.1 Å². The van der Waals surface area contributed by atoms with Gasteiger partial charge in [0, 0.05) is 10.6 Å². The van der Waals surface area contributed by atoms with E-state index >= 15 is 0 Å². The molecular weight excluding hydrogens is 401 g/mol.